The second-order valence-corrected chi connectivity index (χ2v) is 9.99. The van der Waals surface area contributed by atoms with Gasteiger partial charge in [-0.15, -0.1) is 0 Å². The van der Waals surface area contributed by atoms with Crippen molar-refractivity contribution in [1.82, 2.24) is 9.97 Å². The van der Waals surface area contributed by atoms with Gasteiger partial charge in [0.2, 0.25) is 0 Å². The Morgan fingerprint density at radius 2 is 1.00 bits per heavy atom. The van der Waals surface area contributed by atoms with E-state index in [9.17, 15) is 0 Å². The molecule has 7 rings (SSSR count). The van der Waals surface area contributed by atoms with E-state index in [1.807, 2.05) is 19.9 Å². The van der Waals surface area contributed by atoms with Crippen LogP contribution in [0.5, 0.6) is 0 Å². The maximum atomic E-state index is 4.82. The third-order valence-corrected chi connectivity index (χ3v) is 7.36. The normalized spacial score (nSPS) is 11.4. The summed E-state index contributed by atoms with van der Waals surface area (Å²) in [6.45, 7) is 4.06. The van der Waals surface area contributed by atoms with Gasteiger partial charge in [0.1, 0.15) is 0 Å². The summed E-state index contributed by atoms with van der Waals surface area (Å²) in [5, 5.41) is 7.58. The third kappa shape index (κ3) is 3.82. The average molecular weight is 487 g/mol. The molecule has 0 amide bonds. The van der Waals surface area contributed by atoms with E-state index in [0.29, 0.717) is 0 Å². The lowest BCUT2D eigenvalue weighted by Crippen LogP contribution is -1.96. The van der Waals surface area contributed by atoms with Crippen molar-refractivity contribution in [2.45, 2.75) is 13.8 Å². The Kier molecular flexibility index (Phi) is 5.26. The van der Waals surface area contributed by atoms with Crippen molar-refractivity contribution in [3.8, 4) is 33.6 Å². The second-order valence-electron chi connectivity index (χ2n) is 9.99. The molecule has 2 heteroatoms. The molecular formula is C36H26N2. The lowest BCUT2D eigenvalue weighted by molar-refractivity contribution is 1.06. The monoisotopic (exact) mass is 486 g/mol. The third-order valence-electron chi connectivity index (χ3n) is 7.36. The zero-order valence-corrected chi connectivity index (χ0v) is 21.4. The van der Waals surface area contributed by atoms with Gasteiger partial charge in [-0.05, 0) is 98.8 Å². The number of rotatable bonds is 3. The predicted molar refractivity (Wildman–Crippen MR) is 160 cm³/mol. The van der Waals surface area contributed by atoms with Crippen molar-refractivity contribution in [1.29, 1.82) is 0 Å². The van der Waals surface area contributed by atoms with E-state index in [0.717, 1.165) is 33.9 Å². The van der Waals surface area contributed by atoms with Gasteiger partial charge in [0.25, 0.3) is 0 Å². The van der Waals surface area contributed by atoms with E-state index >= 15 is 0 Å². The Labute approximate surface area is 222 Å². The maximum absolute atomic E-state index is 4.82. The minimum absolute atomic E-state index is 0.761. The van der Waals surface area contributed by atoms with Crippen LogP contribution in [0.3, 0.4) is 0 Å². The fourth-order valence-corrected chi connectivity index (χ4v) is 5.66. The first-order chi connectivity index (χ1) is 18.6. The average Bonchev–Trinajstić information content (AvgIpc) is 2.96. The molecule has 0 N–H and O–H groups in total. The van der Waals surface area contributed by atoms with Crippen LogP contribution >= 0.6 is 0 Å². The second kappa shape index (κ2) is 8.93. The number of benzene rings is 6. The fraction of sp³-hybridized carbons (Fsp3) is 0.0556. The number of hydrogen-bond donors (Lipinski definition) is 0. The summed E-state index contributed by atoms with van der Waals surface area (Å²) in [6.07, 6.45) is 0. The highest BCUT2D eigenvalue weighted by Crippen LogP contribution is 2.40. The van der Waals surface area contributed by atoms with Crippen molar-refractivity contribution in [3.05, 3.63) is 133 Å². The Bertz CT molecular complexity index is 1970. The molecule has 0 atom stereocenters. The van der Waals surface area contributed by atoms with Crippen molar-refractivity contribution in [3.63, 3.8) is 0 Å². The van der Waals surface area contributed by atoms with Gasteiger partial charge in [-0.25, -0.2) is 9.97 Å². The van der Waals surface area contributed by atoms with E-state index in [4.69, 9.17) is 9.97 Å². The fourth-order valence-electron chi connectivity index (χ4n) is 5.66. The van der Waals surface area contributed by atoms with E-state index in [1.54, 1.807) is 0 Å². The molecule has 0 bridgehead atoms. The Morgan fingerprint density at radius 1 is 0.395 bits per heavy atom. The number of nitrogens with zero attached hydrogens (tertiary/aromatic N) is 2. The lowest BCUT2D eigenvalue weighted by Gasteiger charge is -2.15. The molecule has 7 aromatic rings. The van der Waals surface area contributed by atoms with Crippen LogP contribution in [0, 0.1) is 13.8 Å². The van der Waals surface area contributed by atoms with Crippen LogP contribution in [0.4, 0.5) is 0 Å². The van der Waals surface area contributed by atoms with E-state index < -0.39 is 0 Å². The van der Waals surface area contributed by atoms with Gasteiger partial charge in [-0.2, -0.15) is 0 Å². The summed E-state index contributed by atoms with van der Waals surface area (Å²) in [4.78, 5) is 9.63. The van der Waals surface area contributed by atoms with E-state index in [-0.39, 0.29) is 0 Å². The van der Waals surface area contributed by atoms with Gasteiger partial charge >= 0.3 is 0 Å². The van der Waals surface area contributed by atoms with Gasteiger partial charge in [0.15, 0.2) is 5.82 Å². The van der Waals surface area contributed by atoms with Crippen LogP contribution in [-0.4, -0.2) is 9.97 Å². The molecule has 0 unspecified atom stereocenters. The molecule has 1 aromatic heterocycles. The first-order valence-corrected chi connectivity index (χ1v) is 13.0. The summed E-state index contributed by atoms with van der Waals surface area (Å²) in [6, 6.07) is 43.6. The molecule has 6 aromatic carbocycles. The first-order valence-electron chi connectivity index (χ1n) is 13.0. The predicted octanol–water partition coefficient (Wildman–Crippen LogP) is 9.55. The van der Waals surface area contributed by atoms with Gasteiger partial charge in [-0.3, -0.25) is 0 Å². The largest absolute Gasteiger partial charge is 0.233 e. The molecule has 0 spiro atoms. The van der Waals surface area contributed by atoms with Gasteiger partial charge in [-0.1, -0.05) is 91.0 Å². The Hall–Kier alpha value is -4.82. The Balaban J connectivity index is 1.58. The number of fused-ring (bicyclic) bond motifs is 5. The van der Waals surface area contributed by atoms with Crippen LogP contribution in [0.15, 0.2) is 121 Å². The van der Waals surface area contributed by atoms with Crippen molar-refractivity contribution >= 4 is 32.3 Å². The highest BCUT2D eigenvalue weighted by atomic mass is 14.9. The van der Waals surface area contributed by atoms with Crippen molar-refractivity contribution in [2.24, 2.45) is 0 Å². The van der Waals surface area contributed by atoms with E-state index in [1.165, 1.54) is 43.4 Å². The van der Waals surface area contributed by atoms with Crippen LogP contribution in [0.25, 0.3) is 66.0 Å². The standard InChI is InChI=1S/C36H26N2/c1-23-18-24(2)38-36(37-23)29-20-27(25-10-4-3-5-11-25)19-28(21-29)34-22-35-30-13-7-6-12-26(30)16-17-33(35)31-14-8-9-15-32(31)34/h3-22H,1-2H3. The molecule has 0 saturated heterocycles. The van der Waals surface area contributed by atoms with Gasteiger partial charge in [0.05, 0.1) is 0 Å². The molecular weight excluding hydrogens is 460 g/mol. The molecule has 0 aliphatic carbocycles. The SMILES string of the molecule is Cc1cc(C)nc(-c2cc(-c3ccccc3)cc(-c3cc4c5ccccc5ccc4c4ccccc34)c2)n1. The number of aromatic nitrogens is 2. The topological polar surface area (TPSA) is 25.8 Å². The molecule has 1 heterocycles. The van der Waals surface area contributed by atoms with Crippen LogP contribution < -0.4 is 0 Å². The molecule has 38 heavy (non-hydrogen) atoms. The van der Waals surface area contributed by atoms with Crippen LogP contribution in [0.1, 0.15) is 11.4 Å². The lowest BCUT2D eigenvalue weighted by atomic mass is 9.89. The number of hydrogen-bond acceptors (Lipinski definition) is 2. The van der Waals surface area contributed by atoms with Crippen LogP contribution in [0.2, 0.25) is 0 Å². The van der Waals surface area contributed by atoms with Gasteiger partial charge in [0, 0.05) is 17.0 Å². The number of aryl methyl sites for hydroxylation is 2. The van der Waals surface area contributed by atoms with E-state index in [2.05, 4.69) is 115 Å². The summed E-state index contributed by atoms with van der Waals surface area (Å²) < 4.78 is 0. The molecule has 2 nitrogen and oxygen atoms in total. The zero-order chi connectivity index (χ0) is 25.6. The highest BCUT2D eigenvalue weighted by molar-refractivity contribution is 6.21. The van der Waals surface area contributed by atoms with Gasteiger partial charge < -0.3 is 0 Å². The zero-order valence-electron chi connectivity index (χ0n) is 21.4. The minimum atomic E-state index is 0.761. The quantitative estimate of drug-likeness (QED) is 0.232. The molecule has 0 saturated carbocycles. The summed E-state index contributed by atoms with van der Waals surface area (Å²) in [7, 11) is 0. The Morgan fingerprint density at radius 3 is 1.79 bits per heavy atom. The van der Waals surface area contributed by atoms with Crippen molar-refractivity contribution < 1.29 is 0 Å². The maximum Gasteiger partial charge on any atom is 0.159 e. The first kappa shape index (κ1) is 22.4. The van der Waals surface area contributed by atoms with Crippen molar-refractivity contribution in [2.75, 3.05) is 0 Å². The summed E-state index contributed by atoms with van der Waals surface area (Å²) in [5.41, 5.74) is 7.68. The minimum Gasteiger partial charge on any atom is -0.233 e. The molecule has 0 aliphatic rings. The smallest absolute Gasteiger partial charge is 0.159 e. The highest BCUT2D eigenvalue weighted by Gasteiger charge is 2.14. The summed E-state index contributed by atoms with van der Waals surface area (Å²) in [5.74, 6) is 0.761. The van der Waals surface area contributed by atoms with Crippen LogP contribution in [-0.2, 0) is 0 Å². The summed E-state index contributed by atoms with van der Waals surface area (Å²) >= 11 is 0. The molecule has 0 fully saturated rings. The molecule has 0 aliphatic heterocycles. The molecule has 0 radical (unpaired) electrons. The molecule has 180 valence electrons.